The van der Waals surface area contributed by atoms with Gasteiger partial charge in [0, 0.05) is 42.9 Å². The van der Waals surface area contributed by atoms with Gasteiger partial charge in [0.25, 0.3) is 0 Å². The minimum Gasteiger partial charge on any atom is -0.444 e. The second-order valence-corrected chi connectivity index (χ2v) is 13.0. The van der Waals surface area contributed by atoms with Gasteiger partial charge >= 0.3 is 6.09 Å². The summed E-state index contributed by atoms with van der Waals surface area (Å²) in [7, 11) is 0. The highest BCUT2D eigenvalue weighted by atomic mass is 32.1. The number of unbranched alkanes of at least 4 members (excludes halogenated alkanes) is 1. The molecule has 3 aromatic carbocycles. The summed E-state index contributed by atoms with van der Waals surface area (Å²) in [5.74, 6) is -0.0324. The van der Waals surface area contributed by atoms with Crippen molar-refractivity contribution in [2.24, 2.45) is 0 Å². The maximum atomic E-state index is 14.3. The van der Waals surface area contributed by atoms with Crippen LogP contribution >= 0.6 is 13.5 Å². The van der Waals surface area contributed by atoms with Crippen LogP contribution in [0.4, 0.5) is 30.8 Å². The van der Waals surface area contributed by atoms with Crippen molar-refractivity contribution in [1.29, 1.82) is 0 Å². The van der Waals surface area contributed by atoms with E-state index >= 15 is 0 Å². The lowest BCUT2D eigenvalue weighted by atomic mass is 10.0. The van der Waals surface area contributed by atoms with Crippen LogP contribution in [-0.2, 0) is 33.8 Å². The fourth-order valence-corrected chi connectivity index (χ4v) is 5.54. The van der Waals surface area contributed by atoms with E-state index in [0.717, 1.165) is 18.4 Å². The predicted octanol–water partition coefficient (Wildman–Crippen LogP) is 7.29. The summed E-state index contributed by atoms with van der Waals surface area (Å²) in [5.41, 5.74) is 2.30. The fraction of sp³-hybridized carbons (Fsp3) is 0.351. The number of imidazole rings is 1. The molecule has 13 heteroatoms. The van der Waals surface area contributed by atoms with Gasteiger partial charge in [-0.25, -0.2) is 18.6 Å². The smallest absolute Gasteiger partial charge is 0.408 e. The Morgan fingerprint density at radius 3 is 2.30 bits per heavy atom. The summed E-state index contributed by atoms with van der Waals surface area (Å²) in [6.07, 6.45) is 1.63. The second kappa shape index (κ2) is 16.7. The van der Waals surface area contributed by atoms with Crippen molar-refractivity contribution in [1.82, 2.24) is 19.8 Å². The Hall–Kier alpha value is -4.91. The zero-order valence-corrected chi connectivity index (χ0v) is 29.7. The highest BCUT2D eigenvalue weighted by molar-refractivity contribution is 7.59. The molecule has 1 aliphatic rings. The average Bonchev–Trinajstić information content (AvgIpc) is 3.41. The van der Waals surface area contributed by atoms with E-state index in [-0.39, 0.29) is 44.1 Å². The van der Waals surface area contributed by atoms with Crippen LogP contribution in [0.3, 0.4) is 0 Å². The van der Waals surface area contributed by atoms with Crippen LogP contribution < -0.4 is 16.0 Å². The molecule has 5 rings (SSSR count). The van der Waals surface area contributed by atoms with E-state index < -0.39 is 23.6 Å². The summed E-state index contributed by atoms with van der Waals surface area (Å²) in [5, 5.41) is 8.95. The van der Waals surface area contributed by atoms with Crippen molar-refractivity contribution in [2.45, 2.75) is 78.1 Å². The highest BCUT2D eigenvalue weighted by Crippen LogP contribution is 2.34. The molecule has 1 aromatic heterocycles. The Morgan fingerprint density at radius 1 is 0.940 bits per heavy atom. The van der Waals surface area contributed by atoms with E-state index in [4.69, 9.17) is 9.72 Å². The van der Waals surface area contributed by atoms with Crippen LogP contribution in [0.2, 0.25) is 0 Å². The molecule has 4 aromatic rings. The average molecular weight is 707 g/mol. The van der Waals surface area contributed by atoms with E-state index in [1.54, 1.807) is 62.1 Å². The number of amides is 3. The number of carbonyl (C=O) groups excluding carboxylic acids is 3. The summed E-state index contributed by atoms with van der Waals surface area (Å²) in [6.45, 7) is 8.05. The predicted molar refractivity (Wildman–Crippen MR) is 195 cm³/mol. The Bertz CT molecular complexity index is 1790. The van der Waals surface area contributed by atoms with Crippen molar-refractivity contribution in [3.05, 3.63) is 95.8 Å². The Morgan fingerprint density at radius 2 is 1.64 bits per heavy atom. The summed E-state index contributed by atoms with van der Waals surface area (Å²) >= 11 is 0. The van der Waals surface area contributed by atoms with Gasteiger partial charge in [0.05, 0.1) is 6.54 Å². The number of rotatable bonds is 11. The first-order valence-electron chi connectivity index (χ1n) is 16.4. The number of ether oxygens (including phenoxy) is 1. The SMILES string of the molecule is CCCCC(=O)Nc1ccc(C[C@H](NC(=O)OC(C)(C)C)C(=O)N2CCn3c(nc(-c4cccc(F)c4)c3Nc3ccc(F)cc3)C2)cc1.S. The number of hydrogen-bond acceptors (Lipinski definition) is 6. The van der Waals surface area contributed by atoms with Gasteiger partial charge in [-0.2, -0.15) is 13.5 Å². The van der Waals surface area contributed by atoms with Gasteiger partial charge in [-0.1, -0.05) is 37.6 Å². The van der Waals surface area contributed by atoms with Crippen molar-refractivity contribution >= 4 is 48.6 Å². The molecular formula is C37H44F2N6O4S. The van der Waals surface area contributed by atoms with Crippen LogP contribution in [0, 0.1) is 11.6 Å². The van der Waals surface area contributed by atoms with Crippen LogP contribution in [0.15, 0.2) is 72.8 Å². The first-order chi connectivity index (χ1) is 23.4. The molecule has 50 heavy (non-hydrogen) atoms. The molecule has 0 aliphatic carbocycles. The molecule has 2 heterocycles. The zero-order valence-electron chi connectivity index (χ0n) is 28.7. The van der Waals surface area contributed by atoms with Crippen LogP contribution in [0.25, 0.3) is 11.3 Å². The molecule has 0 saturated heterocycles. The third-order valence-corrected chi connectivity index (χ3v) is 7.91. The third kappa shape index (κ3) is 10.1. The maximum Gasteiger partial charge on any atom is 0.408 e. The number of anilines is 3. The molecule has 1 atom stereocenters. The third-order valence-electron chi connectivity index (χ3n) is 7.91. The number of alkyl carbamates (subject to hydrolysis) is 1. The van der Waals surface area contributed by atoms with Crippen molar-refractivity contribution in [2.75, 3.05) is 17.2 Å². The fourth-order valence-electron chi connectivity index (χ4n) is 5.54. The molecule has 1 aliphatic heterocycles. The zero-order chi connectivity index (χ0) is 35.1. The monoisotopic (exact) mass is 706 g/mol. The van der Waals surface area contributed by atoms with Crippen LogP contribution in [0.1, 0.15) is 58.3 Å². The van der Waals surface area contributed by atoms with E-state index in [1.165, 1.54) is 24.3 Å². The van der Waals surface area contributed by atoms with Crippen molar-refractivity contribution in [3.8, 4) is 11.3 Å². The van der Waals surface area contributed by atoms with Gasteiger partial charge in [0.2, 0.25) is 11.8 Å². The largest absolute Gasteiger partial charge is 0.444 e. The van der Waals surface area contributed by atoms with Crippen LogP contribution in [0.5, 0.6) is 0 Å². The first-order valence-corrected chi connectivity index (χ1v) is 16.4. The lowest BCUT2D eigenvalue weighted by Crippen LogP contribution is -2.52. The second-order valence-electron chi connectivity index (χ2n) is 13.0. The van der Waals surface area contributed by atoms with Crippen molar-refractivity contribution < 1.29 is 27.9 Å². The molecular weight excluding hydrogens is 663 g/mol. The molecule has 0 spiro atoms. The quantitative estimate of drug-likeness (QED) is 0.151. The standard InChI is InChI=1S/C37H42F2N6O4.H2S/c1-5-6-10-32(46)40-28-15-11-24(12-16-28)21-30(42-36(48)49-37(2,3)4)35(47)44-19-20-45-31(23-44)43-33(25-8-7-9-27(39)22-25)34(45)41-29-17-13-26(38)14-18-29;/h7-9,11-18,22,30,41H,5-6,10,19-21,23H2,1-4H3,(H,40,46)(H,42,48);1H2/t30-;/m0./s1. The van der Waals surface area contributed by atoms with Gasteiger partial charge < -0.3 is 30.2 Å². The molecule has 10 nitrogen and oxygen atoms in total. The number of hydrogen-bond donors (Lipinski definition) is 3. The van der Waals surface area contributed by atoms with Gasteiger partial charge in [0.1, 0.15) is 40.6 Å². The minimum absolute atomic E-state index is 0. The van der Waals surface area contributed by atoms with Gasteiger partial charge in [-0.3, -0.25) is 9.59 Å². The maximum absolute atomic E-state index is 14.3. The van der Waals surface area contributed by atoms with E-state index in [1.807, 2.05) is 23.6 Å². The number of nitrogens with zero attached hydrogens (tertiary/aromatic N) is 3. The molecule has 0 unspecified atom stereocenters. The molecule has 0 fully saturated rings. The first kappa shape index (κ1) is 37.9. The molecule has 266 valence electrons. The topological polar surface area (TPSA) is 118 Å². The number of aromatic nitrogens is 2. The minimum atomic E-state index is -0.958. The van der Waals surface area contributed by atoms with Gasteiger partial charge in [-0.15, -0.1) is 0 Å². The summed E-state index contributed by atoms with van der Waals surface area (Å²) in [4.78, 5) is 45.7. The Labute approximate surface area is 298 Å². The number of nitrogens with one attached hydrogen (secondary N) is 3. The lowest BCUT2D eigenvalue weighted by molar-refractivity contribution is -0.135. The number of carbonyl (C=O) groups is 3. The highest BCUT2D eigenvalue weighted by Gasteiger charge is 2.33. The summed E-state index contributed by atoms with van der Waals surface area (Å²) in [6, 6.07) is 18.2. The molecule has 0 saturated carbocycles. The molecule has 3 N–H and O–H groups in total. The number of halogens is 2. The molecule has 3 amide bonds. The number of benzene rings is 3. The Balaban J connectivity index is 0.00000562. The number of fused-ring (bicyclic) bond motifs is 1. The normalized spacial score (nSPS) is 13.0. The molecule has 0 bridgehead atoms. The van der Waals surface area contributed by atoms with E-state index in [0.29, 0.717) is 53.8 Å². The van der Waals surface area contributed by atoms with E-state index in [9.17, 15) is 23.2 Å². The van der Waals surface area contributed by atoms with Gasteiger partial charge in [-0.05, 0) is 81.3 Å². The van der Waals surface area contributed by atoms with E-state index in [2.05, 4.69) is 16.0 Å². The molecule has 0 radical (unpaired) electrons. The lowest BCUT2D eigenvalue weighted by Gasteiger charge is -2.32. The summed E-state index contributed by atoms with van der Waals surface area (Å²) < 4.78 is 35.3. The van der Waals surface area contributed by atoms with Gasteiger partial charge in [0.15, 0.2) is 0 Å². The van der Waals surface area contributed by atoms with Crippen LogP contribution in [-0.4, -0.2) is 50.5 Å². The van der Waals surface area contributed by atoms with Crippen molar-refractivity contribution in [3.63, 3.8) is 0 Å². The Kier molecular flexibility index (Phi) is 12.6.